The molecular formula is C25H48N4O4. The zero-order valence-electron chi connectivity index (χ0n) is 22.1. The van der Waals surface area contributed by atoms with Crippen LogP contribution in [0.1, 0.15) is 74.1 Å². The molecule has 3 amide bonds. The van der Waals surface area contributed by atoms with Crippen molar-refractivity contribution in [2.45, 2.75) is 92.3 Å². The number of amides is 3. The minimum Gasteiger partial charge on any atom is -0.395 e. The maximum atomic E-state index is 13.0. The summed E-state index contributed by atoms with van der Waals surface area (Å²) in [7, 11) is 1.67. The fourth-order valence-corrected chi connectivity index (χ4v) is 3.62. The smallest absolute Gasteiger partial charge is 0.246 e. The third-order valence-electron chi connectivity index (χ3n) is 5.54. The summed E-state index contributed by atoms with van der Waals surface area (Å²) in [5, 5.41) is 14.4. The first kappa shape index (κ1) is 31.1. The highest BCUT2D eigenvalue weighted by atomic mass is 16.3. The number of likely N-dealkylation sites (N-methyl/N-ethyl adjacent to an activating group) is 1. The van der Waals surface area contributed by atoms with E-state index in [1.165, 1.54) is 11.3 Å². The van der Waals surface area contributed by atoms with Crippen molar-refractivity contribution in [3.8, 4) is 0 Å². The number of hydrogen-bond donors (Lipinski definition) is 3. The van der Waals surface area contributed by atoms with Crippen molar-refractivity contribution >= 4 is 17.7 Å². The molecule has 0 aromatic carbocycles. The normalized spacial score (nSPS) is 17.8. The molecule has 0 bridgehead atoms. The van der Waals surface area contributed by atoms with Crippen molar-refractivity contribution in [2.24, 2.45) is 5.92 Å². The molecule has 8 nitrogen and oxygen atoms in total. The Morgan fingerprint density at radius 1 is 1.15 bits per heavy atom. The number of likely N-dealkylation sites (tertiary alicyclic amines) is 1. The van der Waals surface area contributed by atoms with Gasteiger partial charge in [0.2, 0.25) is 17.7 Å². The van der Waals surface area contributed by atoms with Gasteiger partial charge in [-0.15, -0.1) is 0 Å². The highest BCUT2D eigenvalue weighted by Gasteiger charge is 2.34. The Kier molecular flexibility index (Phi) is 15.7. The Hall–Kier alpha value is -1.93. The zero-order valence-corrected chi connectivity index (χ0v) is 22.1. The van der Waals surface area contributed by atoms with E-state index in [2.05, 4.69) is 43.2 Å². The van der Waals surface area contributed by atoms with Crippen LogP contribution in [0.5, 0.6) is 0 Å². The summed E-state index contributed by atoms with van der Waals surface area (Å²) in [5.74, 6) is -0.591. The van der Waals surface area contributed by atoms with Crippen LogP contribution in [0.25, 0.3) is 0 Å². The van der Waals surface area contributed by atoms with Crippen LogP contribution in [0.3, 0.4) is 0 Å². The lowest BCUT2D eigenvalue weighted by atomic mass is 9.97. The minimum absolute atomic E-state index is 0.0575. The second kappa shape index (κ2) is 16.6. The van der Waals surface area contributed by atoms with Crippen LogP contribution in [0, 0.1) is 5.92 Å². The molecule has 8 heteroatoms. The molecule has 1 rings (SSSR count). The van der Waals surface area contributed by atoms with Crippen LogP contribution in [-0.4, -0.2) is 84.0 Å². The Morgan fingerprint density at radius 3 is 2.27 bits per heavy atom. The van der Waals surface area contributed by atoms with Gasteiger partial charge >= 0.3 is 0 Å². The number of rotatable bonds is 10. The number of carbonyl (C=O) groups is 3. The minimum atomic E-state index is -0.615. The lowest BCUT2D eigenvalue weighted by Gasteiger charge is -2.38. The molecule has 2 atom stereocenters. The average molecular weight is 469 g/mol. The second-order valence-electron chi connectivity index (χ2n) is 9.37. The number of nitrogens with zero attached hydrogens (tertiary/aromatic N) is 2. The molecular weight excluding hydrogens is 420 g/mol. The summed E-state index contributed by atoms with van der Waals surface area (Å²) in [5.41, 5.74) is 0.475. The summed E-state index contributed by atoms with van der Waals surface area (Å²) >= 11 is 0. The van der Waals surface area contributed by atoms with E-state index in [-0.39, 0.29) is 55.4 Å². The van der Waals surface area contributed by atoms with Crippen LogP contribution in [0.15, 0.2) is 11.6 Å². The number of hydrogen-bond acceptors (Lipinski definition) is 5. The maximum absolute atomic E-state index is 13.0. The van der Waals surface area contributed by atoms with Crippen molar-refractivity contribution in [3.63, 3.8) is 0 Å². The highest BCUT2D eigenvalue weighted by molar-refractivity contribution is 5.93. The van der Waals surface area contributed by atoms with E-state index < -0.39 is 6.04 Å². The van der Waals surface area contributed by atoms with E-state index in [1.54, 1.807) is 20.0 Å². The molecule has 33 heavy (non-hydrogen) atoms. The maximum Gasteiger partial charge on any atom is 0.246 e. The van der Waals surface area contributed by atoms with E-state index in [0.29, 0.717) is 5.57 Å². The first-order chi connectivity index (χ1) is 15.5. The van der Waals surface area contributed by atoms with Crippen molar-refractivity contribution in [3.05, 3.63) is 11.6 Å². The van der Waals surface area contributed by atoms with Crippen LogP contribution < -0.4 is 10.6 Å². The van der Waals surface area contributed by atoms with Gasteiger partial charge in [-0.25, -0.2) is 0 Å². The number of carbonyl (C=O) groups excluding carboxylic acids is 3. The Labute approximate surface area is 201 Å². The fourth-order valence-electron chi connectivity index (χ4n) is 3.62. The molecule has 192 valence electrons. The quantitative estimate of drug-likeness (QED) is 0.427. The van der Waals surface area contributed by atoms with Crippen LogP contribution in [0.4, 0.5) is 0 Å². The van der Waals surface area contributed by atoms with E-state index in [9.17, 15) is 14.4 Å². The number of aliphatic hydroxyl groups excluding tert-OH is 1. The van der Waals surface area contributed by atoms with Crippen molar-refractivity contribution in [1.29, 1.82) is 0 Å². The van der Waals surface area contributed by atoms with Crippen LogP contribution in [0.2, 0.25) is 0 Å². The molecule has 1 aliphatic rings. The van der Waals surface area contributed by atoms with Gasteiger partial charge in [-0.05, 0) is 46.1 Å². The van der Waals surface area contributed by atoms with E-state index in [4.69, 9.17) is 5.11 Å². The molecule has 1 saturated heterocycles. The second-order valence-corrected chi connectivity index (χ2v) is 9.37. The molecule has 1 aliphatic heterocycles. The molecule has 0 aromatic heterocycles. The molecule has 1 heterocycles. The third kappa shape index (κ3) is 11.2. The molecule has 2 unspecified atom stereocenters. The zero-order chi connectivity index (χ0) is 25.6. The first-order valence-electron chi connectivity index (χ1n) is 12.4. The first-order valence-corrected chi connectivity index (χ1v) is 12.4. The Balaban J connectivity index is 0.00000322. The predicted octanol–water partition coefficient (Wildman–Crippen LogP) is 2.32. The van der Waals surface area contributed by atoms with E-state index in [1.807, 2.05) is 13.8 Å². The molecule has 3 N–H and O–H groups in total. The van der Waals surface area contributed by atoms with Gasteiger partial charge in [0.05, 0.1) is 12.6 Å². The van der Waals surface area contributed by atoms with Gasteiger partial charge in [0.25, 0.3) is 0 Å². The monoisotopic (exact) mass is 468 g/mol. The van der Waals surface area contributed by atoms with E-state index >= 15 is 0 Å². The SMILES string of the molecule is C/C(=C\CN(C)C(=O)C(NC(=O)C1CCCCN1C(C)C)C(C)C)C(=O)NCCO.CCC. The number of nitrogens with one attached hydrogen (secondary N) is 2. The topological polar surface area (TPSA) is 102 Å². The standard InChI is InChI=1S/C22H40N4O4.C3H8/c1-15(2)19(24-21(29)18-9-7-8-12-26(18)16(3)4)22(30)25(6)13-10-17(5)20(28)23-11-14-27;1-3-2/h10,15-16,18-19,27H,7-9,11-14H2,1-6H3,(H,23,28)(H,24,29);3H2,1-2H3/b17-10+;. The van der Waals surface area contributed by atoms with Gasteiger partial charge in [-0.3, -0.25) is 19.3 Å². The lowest BCUT2D eigenvalue weighted by molar-refractivity contribution is -0.138. The van der Waals surface area contributed by atoms with Gasteiger partial charge < -0.3 is 20.6 Å². The average Bonchev–Trinajstić information content (AvgIpc) is 2.78. The summed E-state index contributed by atoms with van der Waals surface area (Å²) in [6.45, 7) is 15.2. The van der Waals surface area contributed by atoms with E-state index in [0.717, 1.165) is 25.8 Å². The van der Waals surface area contributed by atoms with Crippen LogP contribution >= 0.6 is 0 Å². The third-order valence-corrected chi connectivity index (χ3v) is 5.54. The highest BCUT2D eigenvalue weighted by Crippen LogP contribution is 2.20. The van der Waals surface area contributed by atoms with Crippen LogP contribution in [-0.2, 0) is 14.4 Å². The summed E-state index contributed by atoms with van der Waals surface area (Å²) in [6.07, 6.45) is 5.84. The molecule has 0 spiro atoms. The van der Waals surface area contributed by atoms with Crippen molar-refractivity contribution < 1.29 is 19.5 Å². The number of piperidine rings is 1. The molecule has 0 aromatic rings. The Bertz CT molecular complexity index is 634. The molecule has 0 saturated carbocycles. The molecule has 0 aliphatic carbocycles. The van der Waals surface area contributed by atoms with Gasteiger partial charge in [0.1, 0.15) is 6.04 Å². The molecule has 0 radical (unpaired) electrons. The van der Waals surface area contributed by atoms with Crippen molar-refractivity contribution in [2.75, 3.05) is 33.3 Å². The lowest BCUT2D eigenvalue weighted by Crippen LogP contribution is -2.57. The summed E-state index contributed by atoms with van der Waals surface area (Å²) in [4.78, 5) is 41.6. The molecule has 1 fully saturated rings. The van der Waals surface area contributed by atoms with Gasteiger partial charge in [0.15, 0.2) is 0 Å². The number of aliphatic hydroxyl groups is 1. The largest absolute Gasteiger partial charge is 0.395 e. The predicted molar refractivity (Wildman–Crippen MR) is 134 cm³/mol. The van der Waals surface area contributed by atoms with Gasteiger partial charge in [-0.2, -0.15) is 0 Å². The summed E-state index contributed by atoms with van der Waals surface area (Å²) in [6, 6.07) is -0.534. The van der Waals surface area contributed by atoms with Crippen molar-refractivity contribution in [1.82, 2.24) is 20.4 Å². The Morgan fingerprint density at radius 2 is 1.76 bits per heavy atom. The van der Waals surface area contributed by atoms with Gasteiger partial charge in [-0.1, -0.05) is 46.6 Å². The summed E-state index contributed by atoms with van der Waals surface area (Å²) < 4.78 is 0. The fraction of sp³-hybridized carbons (Fsp3) is 0.800. The van der Waals surface area contributed by atoms with Gasteiger partial charge in [0, 0.05) is 31.8 Å².